The van der Waals surface area contributed by atoms with Crippen molar-refractivity contribution < 1.29 is 9.53 Å². The summed E-state index contributed by atoms with van der Waals surface area (Å²) >= 11 is 12.6. The molecule has 3 N–H and O–H groups in total. The van der Waals surface area contributed by atoms with E-state index >= 15 is 0 Å². The van der Waals surface area contributed by atoms with Crippen LogP contribution in [-0.2, 0) is 4.79 Å². The lowest BCUT2D eigenvalue weighted by Gasteiger charge is -2.48. The molecule has 5 rings (SSSR count). The van der Waals surface area contributed by atoms with Gasteiger partial charge in [0.2, 0.25) is 5.91 Å². The molecular formula is C26H28Cl2N8O2. The first-order valence-electron chi connectivity index (χ1n) is 12.3. The lowest BCUT2D eigenvalue weighted by Crippen LogP contribution is -2.74. The fourth-order valence-corrected chi connectivity index (χ4v) is 5.38. The normalized spacial score (nSPS) is 15.3. The van der Waals surface area contributed by atoms with E-state index in [4.69, 9.17) is 33.7 Å². The van der Waals surface area contributed by atoms with Crippen LogP contribution in [0.3, 0.4) is 0 Å². The maximum Gasteiger partial charge on any atom is 0.246 e. The van der Waals surface area contributed by atoms with E-state index in [0.717, 1.165) is 10.9 Å². The Morgan fingerprint density at radius 3 is 2.50 bits per heavy atom. The Morgan fingerprint density at radius 2 is 1.87 bits per heavy atom. The highest BCUT2D eigenvalue weighted by molar-refractivity contribution is 6.35. The smallest absolute Gasteiger partial charge is 0.246 e. The van der Waals surface area contributed by atoms with Crippen molar-refractivity contribution in [2.24, 2.45) is 5.73 Å². The van der Waals surface area contributed by atoms with Crippen LogP contribution in [0.2, 0.25) is 10.0 Å². The molecule has 0 saturated carbocycles. The van der Waals surface area contributed by atoms with Crippen LogP contribution in [0.25, 0.3) is 22.3 Å². The summed E-state index contributed by atoms with van der Waals surface area (Å²) in [5.74, 6) is 1.25. The van der Waals surface area contributed by atoms with Gasteiger partial charge in [-0.1, -0.05) is 23.2 Å². The van der Waals surface area contributed by atoms with Crippen LogP contribution in [0.5, 0.6) is 5.75 Å². The number of benzene rings is 1. The zero-order valence-corrected chi connectivity index (χ0v) is 22.8. The SMILES string of the molecule is CCN(CC)C(=O)C1(N)CN(c2ccc(-c3n[nH]c4ccc(O[C@H](C)c5c(Cl)cncc5Cl)cc34)nn2)C1. The lowest BCUT2D eigenvalue weighted by molar-refractivity contribution is -0.137. The molecule has 0 unspecified atom stereocenters. The van der Waals surface area contributed by atoms with E-state index in [2.05, 4.69) is 25.4 Å². The number of rotatable bonds is 8. The van der Waals surface area contributed by atoms with Crippen molar-refractivity contribution in [2.75, 3.05) is 31.1 Å². The number of ether oxygens (including phenoxy) is 1. The van der Waals surface area contributed by atoms with Gasteiger partial charge in [0.05, 0.1) is 15.6 Å². The van der Waals surface area contributed by atoms with Gasteiger partial charge in [-0.25, -0.2) is 0 Å². The number of anilines is 1. The third-order valence-electron chi connectivity index (χ3n) is 6.78. The zero-order chi connectivity index (χ0) is 27.0. The molecule has 1 aliphatic heterocycles. The fourth-order valence-electron chi connectivity index (χ4n) is 4.71. The highest BCUT2D eigenvalue weighted by Gasteiger charge is 2.48. The summed E-state index contributed by atoms with van der Waals surface area (Å²) in [7, 11) is 0. The molecule has 0 aliphatic carbocycles. The van der Waals surface area contributed by atoms with Gasteiger partial charge in [0.1, 0.15) is 28.8 Å². The van der Waals surface area contributed by atoms with Crippen LogP contribution >= 0.6 is 23.2 Å². The van der Waals surface area contributed by atoms with Gasteiger partial charge in [-0.2, -0.15) is 5.10 Å². The number of aromatic amines is 1. The highest BCUT2D eigenvalue weighted by atomic mass is 35.5. The summed E-state index contributed by atoms with van der Waals surface area (Å²) in [6, 6.07) is 9.34. The third-order valence-corrected chi connectivity index (χ3v) is 7.39. The molecule has 1 fully saturated rings. The summed E-state index contributed by atoms with van der Waals surface area (Å²) in [6.07, 6.45) is 2.68. The Hall–Kier alpha value is -3.47. The van der Waals surface area contributed by atoms with Crippen molar-refractivity contribution in [3.8, 4) is 17.1 Å². The van der Waals surface area contributed by atoms with Gasteiger partial charge in [0.15, 0.2) is 5.82 Å². The zero-order valence-electron chi connectivity index (χ0n) is 21.3. The number of pyridine rings is 1. The van der Waals surface area contributed by atoms with Gasteiger partial charge < -0.3 is 20.3 Å². The van der Waals surface area contributed by atoms with Gasteiger partial charge in [-0.3, -0.25) is 14.9 Å². The van der Waals surface area contributed by atoms with Crippen LogP contribution in [0.15, 0.2) is 42.7 Å². The number of hydrogen-bond acceptors (Lipinski definition) is 8. The summed E-state index contributed by atoms with van der Waals surface area (Å²) in [6.45, 7) is 7.84. The second kappa shape index (κ2) is 10.4. The number of likely N-dealkylation sites (N-methyl/N-ethyl adjacent to an activating group) is 1. The number of fused-ring (bicyclic) bond motifs is 1. The number of nitrogens with one attached hydrogen (secondary N) is 1. The van der Waals surface area contributed by atoms with E-state index in [1.807, 2.05) is 56.0 Å². The average molecular weight is 555 g/mol. The summed E-state index contributed by atoms with van der Waals surface area (Å²) in [5, 5.41) is 18.0. The minimum atomic E-state index is -0.900. The summed E-state index contributed by atoms with van der Waals surface area (Å²) in [4.78, 5) is 20.4. The minimum absolute atomic E-state index is 0.0351. The second-order valence-electron chi connectivity index (χ2n) is 9.32. The first-order chi connectivity index (χ1) is 18.2. The van der Waals surface area contributed by atoms with Gasteiger partial charge in [-0.15, -0.1) is 10.2 Å². The van der Waals surface area contributed by atoms with E-state index in [1.165, 1.54) is 0 Å². The Labute approximate surface area is 230 Å². The molecule has 0 spiro atoms. The molecule has 1 atom stereocenters. The molecule has 4 heterocycles. The van der Waals surface area contributed by atoms with E-state index in [-0.39, 0.29) is 5.91 Å². The number of hydrogen-bond donors (Lipinski definition) is 2. The van der Waals surface area contributed by atoms with Gasteiger partial charge in [-0.05, 0) is 51.1 Å². The molecule has 10 nitrogen and oxygen atoms in total. The third kappa shape index (κ3) is 4.75. The molecule has 1 amide bonds. The van der Waals surface area contributed by atoms with Crippen molar-refractivity contribution >= 4 is 45.8 Å². The number of H-pyrrole nitrogens is 1. The van der Waals surface area contributed by atoms with Crippen molar-refractivity contribution in [1.29, 1.82) is 0 Å². The minimum Gasteiger partial charge on any atom is -0.486 e. The van der Waals surface area contributed by atoms with Crippen LogP contribution in [0, 0.1) is 0 Å². The number of carbonyl (C=O) groups excluding carboxylic acids is 1. The van der Waals surface area contributed by atoms with Crippen molar-refractivity contribution in [1.82, 2.24) is 30.3 Å². The summed E-state index contributed by atoms with van der Waals surface area (Å²) in [5.41, 5.74) is 8.22. The molecule has 1 aliphatic rings. The standard InChI is InChI=1S/C26H28Cl2N8O2/c1-4-35(5-2)25(37)26(29)13-36(14-26)22-9-8-21(32-33-22)24-17-10-16(6-7-20(17)31-34-24)38-15(3)23-18(27)11-30-12-19(23)28/h6-12,15H,4-5,13-14,29H2,1-3H3,(H,31,34)/t15-/m1/s1. The Bertz CT molecular complexity index is 1450. The lowest BCUT2D eigenvalue weighted by atomic mass is 9.89. The molecule has 1 aromatic carbocycles. The van der Waals surface area contributed by atoms with Crippen LogP contribution in [-0.4, -0.2) is 67.9 Å². The predicted molar refractivity (Wildman–Crippen MR) is 147 cm³/mol. The van der Waals surface area contributed by atoms with Crippen LogP contribution < -0.4 is 15.4 Å². The van der Waals surface area contributed by atoms with Gasteiger partial charge in [0.25, 0.3) is 0 Å². The number of halogens is 2. The highest BCUT2D eigenvalue weighted by Crippen LogP contribution is 2.35. The average Bonchev–Trinajstić information content (AvgIpc) is 3.31. The maximum atomic E-state index is 12.7. The molecule has 198 valence electrons. The molecule has 12 heteroatoms. The van der Waals surface area contributed by atoms with E-state index < -0.39 is 11.6 Å². The number of carbonyl (C=O) groups is 1. The predicted octanol–water partition coefficient (Wildman–Crippen LogP) is 4.25. The van der Waals surface area contributed by atoms with Gasteiger partial charge in [0, 0.05) is 49.5 Å². The monoisotopic (exact) mass is 554 g/mol. The molecule has 0 bridgehead atoms. The Morgan fingerprint density at radius 1 is 1.16 bits per heavy atom. The quantitative estimate of drug-likeness (QED) is 0.331. The molecule has 38 heavy (non-hydrogen) atoms. The Balaban J connectivity index is 1.32. The Kier molecular flexibility index (Phi) is 7.13. The fraction of sp³-hybridized carbons (Fsp3) is 0.346. The van der Waals surface area contributed by atoms with E-state index in [1.54, 1.807) is 17.3 Å². The maximum absolute atomic E-state index is 12.7. The molecule has 3 aromatic heterocycles. The largest absolute Gasteiger partial charge is 0.486 e. The first-order valence-corrected chi connectivity index (χ1v) is 13.1. The molecule has 1 saturated heterocycles. The van der Waals surface area contributed by atoms with Crippen molar-refractivity contribution in [3.05, 3.63) is 58.3 Å². The molecule has 4 aromatic rings. The number of nitrogens with two attached hydrogens (primary N) is 1. The first kappa shape index (κ1) is 26.1. The van der Waals surface area contributed by atoms with Crippen molar-refractivity contribution in [3.63, 3.8) is 0 Å². The number of amides is 1. The second-order valence-corrected chi connectivity index (χ2v) is 10.1. The van der Waals surface area contributed by atoms with E-state index in [0.29, 0.717) is 64.7 Å². The summed E-state index contributed by atoms with van der Waals surface area (Å²) < 4.78 is 6.15. The topological polar surface area (TPSA) is 126 Å². The van der Waals surface area contributed by atoms with Gasteiger partial charge >= 0.3 is 0 Å². The number of nitrogens with zero attached hydrogens (tertiary/aromatic N) is 6. The van der Waals surface area contributed by atoms with Crippen LogP contribution in [0.1, 0.15) is 32.4 Å². The molecule has 0 radical (unpaired) electrons. The molecular weight excluding hydrogens is 527 g/mol. The number of aromatic nitrogens is 5. The van der Waals surface area contributed by atoms with Crippen LogP contribution in [0.4, 0.5) is 5.82 Å². The van der Waals surface area contributed by atoms with E-state index in [9.17, 15) is 4.79 Å². The van der Waals surface area contributed by atoms with Crippen molar-refractivity contribution in [2.45, 2.75) is 32.4 Å².